The van der Waals surface area contributed by atoms with Crippen molar-refractivity contribution < 1.29 is 0 Å². The molecular weight excluding hydrogens is 254 g/mol. The van der Waals surface area contributed by atoms with Crippen molar-refractivity contribution in [2.45, 2.75) is 32.7 Å². The smallest absolute Gasteiger partial charge is 0.0954 e. The van der Waals surface area contributed by atoms with E-state index in [2.05, 4.69) is 48.5 Å². The second-order valence-corrected chi connectivity index (χ2v) is 5.56. The van der Waals surface area contributed by atoms with Gasteiger partial charge in [-0.1, -0.05) is 13.8 Å². The third-order valence-corrected chi connectivity index (χ3v) is 3.52. The molecule has 0 amide bonds. The second kappa shape index (κ2) is 8.86. The van der Waals surface area contributed by atoms with E-state index in [1.54, 1.807) is 11.3 Å². The normalized spacial score (nSPS) is 10.9. The zero-order valence-electron chi connectivity index (χ0n) is 11.2. The van der Waals surface area contributed by atoms with Crippen LogP contribution in [0, 0.1) is 0 Å². The van der Waals surface area contributed by atoms with E-state index in [1.165, 1.54) is 17.1 Å². The molecule has 0 aliphatic carbocycles. The minimum absolute atomic E-state index is 0. The molecule has 1 rings (SSSR count). The standard InChI is InChI=1S/C12H23N3S.ClH/c1-10(2)12-14-11(9-16-12)8-13-6-5-7-15(3)4;/h9-10,13H,5-8H2,1-4H3;1H. The van der Waals surface area contributed by atoms with Gasteiger partial charge in [0.25, 0.3) is 0 Å². The Morgan fingerprint density at radius 1 is 1.41 bits per heavy atom. The number of nitrogens with one attached hydrogen (secondary N) is 1. The van der Waals surface area contributed by atoms with E-state index in [-0.39, 0.29) is 12.4 Å². The predicted molar refractivity (Wildman–Crippen MR) is 78.3 cm³/mol. The van der Waals surface area contributed by atoms with Gasteiger partial charge in [-0.05, 0) is 33.6 Å². The Morgan fingerprint density at radius 3 is 2.65 bits per heavy atom. The topological polar surface area (TPSA) is 28.2 Å². The Labute approximate surface area is 115 Å². The molecule has 5 heteroatoms. The van der Waals surface area contributed by atoms with Crippen molar-refractivity contribution >= 4 is 23.7 Å². The van der Waals surface area contributed by atoms with E-state index in [1.807, 2.05) is 0 Å². The summed E-state index contributed by atoms with van der Waals surface area (Å²) in [5.74, 6) is 0.549. The van der Waals surface area contributed by atoms with Crippen molar-refractivity contribution in [2.24, 2.45) is 0 Å². The van der Waals surface area contributed by atoms with Gasteiger partial charge in [0.15, 0.2) is 0 Å². The lowest BCUT2D eigenvalue weighted by Gasteiger charge is -2.09. The zero-order chi connectivity index (χ0) is 12.0. The minimum atomic E-state index is 0. The summed E-state index contributed by atoms with van der Waals surface area (Å²) in [6, 6.07) is 0. The number of aromatic nitrogens is 1. The van der Waals surface area contributed by atoms with Gasteiger partial charge >= 0.3 is 0 Å². The molecule has 0 saturated carbocycles. The van der Waals surface area contributed by atoms with Crippen LogP contribution in [0.15, 0.2) is 5.38 Å². The molecule has 0 radical (unpaired) electrons. The highest BCUT2D eigenvalue weighted by Gasteiger charge is 2.04. The van der Waals surface area contributed by atoms with Gasteiger partial charge in [-0.15, -0.1) is 23.7 Å². The highest BCUT2D eigenvalue weighted by molar-refractivity contribution is 7.09. The molecule has 0 bridgehead atoms. The van der Waals surface area contributed by atoms with E-state index in [0.29, 0.717) is 5.92 Å². The van der Waals surface area contributed by atoms with E-state index < -0.39 is 0 Å². The molecule has 17 heavy (non-hydrogen) atoms. The average Bonchev–Trinajstić information content (AvgIpc) is 2.65. The SMILES string of the molecule is CC(C)c1nc(CNCCCN(C)C)cs1.Cl. The molecule has 1 aromatic rings. The summed E-state index contributed by atoms with van der Waals surface area (Å²) < 4.78 is 0. The van der Waals surface area contributed by atoms with Crippen LogP contribution in [0.3, 0.4) is 0 Å². The molecule has 0 aliphatic rings. The van der Waals surface area contributed by atoms with Gasteiger partial charge in [-0.25, -0.2) is 4.98 Å². The van der Waals surface area contributed by atoms with Crippen LogP contribution in [0.5, 0.6) is 0 Å². The van der Waals surface area contributed by atoms with Crippen molar-refractivity contribution in [3.05, 3.63) is 16.1 Å². The van der Waals surface area contributed by atoms with Crippen molar-refractivity contribution in [2.75, 3.05) is 27.2 Å². The van der Waals surface area contributed by atoms with Crippen molar-refractivity contribution in [3.8, 4) is 0 Å². The minimum Gasteiger partial charge on any atom is -0.311 e. The first-order chi connectivity index (χ1) is 7.59. The van der Waals surface area contributed by atoms with Crippen LogP contribution in [0.25, 0.3) is 0 Å². The van der Waals surface area contributed by atoms with Crippen molar-refractivity contribution in [1.29, 1.82) is 0 Å². The molecule has 0 fully saturated rings. The van der Waals surface area contributed by atoms with Crippen LogP contribution in [-0.4, -0.2) is 37.1 Å². The summed E-state index contributed by atoms with van der Waals surface area (Å²) in [5, 5.41) is 6.83. The van der Waals surface area contributed by atoms with Gasteiger partial charge in [0.05, 0.1) is 10.7 Å². The molecule has 0 aliphatic heterocycles. The summed E-state index contributed by atoms with van der Waals surface area (Å²) in [6.45, 7) is 7.48. The first kappa shape index (κ1) is 16.8. The summed E-state index contributed by atoms with van der Waals surface area (Å²) in [7, 11) is 4.21. The molecule has 100 valence electrons. The van der Waals surface area contributed by atoms with Crippen molar-refractivity contribution in [3.63, 3.8) is 0 Å². The lowest BCUT2D eigenvalue weighted by atomic mass is 10.2. The van der Waals surface area contributed by atoms with Gasteiger partial charge < -0.3 is 10.2 Å². The Morgan fingerprint density at radius 2 is 2.12 bits per heavy atom. The fourth-order valence-electron chi connectivity index (χ4n) is 1.41. The van der Waals surface area contributed by atoms with Crippen LogP contribution in [0.4, 0.5) is 0 Å². The van der Waals surface area contributed by atoms with E-state index in [9.17, 15) is 0 Å². The highest BCUT2D eigenvalue weighted by atomic mass is 35.5. The van der Waals surface area contributed by atoms with Gasteiger partial charge in [-0.3, -0.25) is 0 Å². The molecule has 0 saturated heterocycles. The van der Waals surface area contributed by atoms with Crippen molar-refractivity contribution in [1.82, 2.24) is 15.2 Å². The summed E-state index contributed by atoms with van der Waals surface area (Å²) in [5.41, 5.74) is 1.18. The third-order valence-electron chi connectivity index (χ3n) is 2.33. The lowest BCUT2D eigenvalue weighted by molar-refractivity contribution is 0.394. The first-order valence-corrected chi connectivity index (χ1v) is 6.77. The molecule has 0 unspecified atom stereocenters. The van der Waals surface area contributed by atoms with Crippen LogP contribution in [-0.2, 0) is 6.54 Å². The zero-order valence-corrected chi connectivity index (χ0v) is 12.8. The molecule has 1 N–H and O–H groups in total. The Hall–Kier alpha value is -0.160. The van der Waals surface area contributed by atoms with E-state index >= 15 is 0 Å². The molecule has 0 spiro atoms. The Kier molecular flexibility index (Phi) is 8.78. The molecule has 0 aromatic carbocycles. The molecule has 0 atom stereocenters. The summed E-state index contributed by atoms with van der Waals surface area (Å²) in [4.78, 5) is 6.80. The number of thiazole rings is 1. The van der Waals surface area contributed by atoms with Gasteiger partial charge in [0.2, 0.25) is 0 Å². The maximum atomic E-state index is 4.59. The van der Waals surface area contributed by atoms with Crippen LogP contribution >= 0.6 is 23.7 Å². The van der Waals surface area contributed by atoms with Crippen LogP contribution in [0.1, 0.15) is 36.9 Å². The van der Waals surface area contributed by atoms with Gasteiger partial charge in [0, 0.05) is 17.8 Å². The van der Waals surface area contributed by atoms with Crippen LogP contribution in [0.2, 0.25) is 0 Å². The number of rotatable bonds is 7. The molecular formula is C12H24ClN3S. The maximum absolute atomic E-state index is 4.59. The third kappa shape index (κ3) is 6.99. The average molecular weight is 278 g/mol. The number of halogens is 1. The highest BCUT2D eigenvalue weighted by Crippen LogP contribution is 2.18. The lowest BCUT2D eigenvalue weighted by Crippen LogP contribution is -2.21. The van der Waals surface area contributed by atoms with E-state index in [4.69, 9.17) is 0 Å². The molecule has 1 heterocycles. The van der Waals surface area contributed by atoms with Gasteiger partial charge in [-0.2, -0.15) is 0 Å². The Balaban J connectivity index is 0.00000256. The molecule has 3 nitrogen and oxygen atoms in total. The quantitative estimate of drug-likeness (QED) is 0.777. The second-order valence-electron chi connectivity index (χ2n) is 4.67. The largest absolute Gasteiger partial charge is 0.311 e. The molecule has 1 aromatic heterocycles. The monoisotopic (exact) mass is 277 g/mol. The Bertz CT molecular complexity index is 300. The fraction of sp³-hybridized carbons (Fsp3) is 0.750. The van der Waals surface area contributed by atoms with Crippen LogP contribution < -0.4 is 5.32 Å². The number of hydrogen-bond acceptors (Lipinski definition) is 4. The first-order valence-electron chi connectivity index (χ1n) is 5.89. The summed E-state index contributed by atoms with van der Waals surface area (Å²) in [6.07, 6.45) is 1.19. The number of nitrogens with zero attached hydrogens (tertiary/aromatic N) is 2. The maximum Gasteiger partial charge on any atom is 0.0954 e. The summed E-state index contributed by atoms with van der Waals surface area (Å²) >= 11 is 1.77. The van der Waals surface area contributed by atoms with Gasteiger partial charge in [0.1, 0.15) is 0 Å². The number of hydrogen-bond donors (Lipinski definition) is 1. The van der Waals surface area contributed by atoms with E-state index in [0.717, 1.165) is 19.6 Å². The predicted octanol–water partition coefficient (Wildman–Crippen LogP) is 2.73. The fourth-order valence-corrected chi connectivity index (χ4v) is 2.24.